The molecule has 1 aromatic rings. The number of amides is 1. The zero-order valence-corrected chi connectivity index (χ0v) is 11.3. The fourth-order valence-corrected chi connectivity index (χ4v) is 1.39. The van der Waals surface area contributed by atoms with E-state index in [-0.39, 0.29) is 11.9 Å². The second-order valence-electron chi connectivity index (χ2n) is 3.76. The van der Waals surface area contributed by atoms with Crippen LogP contribution in [-0.4, -0.2) is 44.6 Å². The van der Waals surface area contributed by atoms with Crippen LogP contribution < -0.4 is 5.73 Å². The van der Waals surface area contributed by atoms with E-state index < -0.39 is 0 Å². The molecule has 0 spiro atoms. The summed E-state index contributed by atoms with van der Waals surface area (Å²) in [7, 11) is 4.69. The highest BCUT2D eigenvalue weighted by atomic mass is 16.5. The van der Waals surface area contributed by atoms with Gasteiger partial charge >= 0.3 is 0 Å². The second-order valence-corrected chi connectivity index (χ2v) is 3.76. The predicted octanol–water partition coefficient (Wildman–Crippen LogP) is 0.701. The summed E-state index contributed by atoms with van der Waals surface area (Å²) in [5, 5.41) is 0. The Hall–Kier alpha value is -2.32. The molecule has 0 saturated heterocycles. The van der Waals surface area contributed by atoms with Crippen molar-refractivity contribution in [1.29, 1.82) is 0 Å². The van der Waals surface area contributed by atoms with Crippen molar-refractivity contribution >= 4 is 11.9 Å². The molecule has 1 aromatic carbocycles. The highest BCUT2D eigenvalue weighted by molar-refractivity contribution is 6.05. The van der Waals surface area contributed by atoms with Gasteiger partial charge in [-0.2, -0.15) is 0 Å². The van der Waals surface area contributed by atoms with Gasteiger partial charge in [0.25, 0.3) is 5.91 Å². The largest absolute Gasteiger partial charge is 0.372 e. The molecule has 0 unspecified atom stereocenters. The Balaban J connectivity index is 2.94. The second kappa shape index (κ2) is 7.19. The molecule has 0 fully saturated rings. The minimum Gasteiger partial charge on any atom is -0.372 e. The smallest absolute Gasteiger partial charge is 0.260 e. The Labute approximate surface area is 113 Å². The lowest BCUT2D eigenvalue weighted by atomic mass is 10.1. The van der Waals surface area contributed by atoms with Crippen molar-refractivity contribution in [2.45, 2.75) is 0 Å². The fraction of sp³-hybridized carbons (Fsp3) is 0.286. The molecule has 0 aromatic heterocycles. The normalized spacial score (nSPS) is 10.6. The zero-order valence-electron chi connectivity index (χ0n) is 11.3. The number of carbonyl (C=O) groups is 1. The highest BCUT2D eigenvalue weighted by Gasteiger charge is 2.14. The molecule has 2 N–H and O–H groups in total. The fourth-order valence-electron chi connectivity index (χ4n) is 1.39. The number of nitrogens with two attached hydrogens (primary N) is 1. The van der Waals surface area contributed by atoms with Crippen molar-refractivity contribution in [3.8, 4) is 11.8 Å². The Bertz CT molecular complexity index is 541. The molecule has 0 aliphatic rings. The van der Waals surface area contributed by atoms with Gasteiger partial charge in [-0.05, 0) is 18.2 Å². The number of hydrogen-bond donors (Lipinski definition) is 1. The van der Waals surface area contributed by atoms with Gasteiger partial charge in [0, 0.05) is 32.3 Å². The molecule has 5 heteroatoms. The third-order valence-corrected chi connectivity index (χ3v) is 2.44. The summed E-state index contributed by atoms with van der Waals surface area (Å²) in [6.07, 6.45) is 0. The van der Waals surface area contributed by atoms with Crippen LogP contribution in [0.15, 0.2) is 29.3 Å². The zero-order chi connectivity index (χ0) is 14.3. The molecule has 0 heterocycles. The molecule has 0 aliphatic carbocycles. The van der Waals surface area contributed by atoms with Gasteiger partial charge in [0.05, 0.1) is 0 Å². The number of benzene rings is 1. The Kier molecular flexibility index (Phi) is 5.58. The Morgan fingerprint density at radius 1 is 1.53 bits per heavy atom. The molecular weight excluding hydrogens is 242 g/mol. The van der Waals surface area contributed by atoms with E-state index in [0.717, 1.165) is 5.56 Å². The van der Waals surface area contributed by atoms with Gasteiger partial charge in [-0.3, -0.25) is 14.7 Å². The van der Waals surface area contributed by atoms with Crippen molar-refractivity contribution in [3.63, 3.8) is 0 Å². The monoisotopic (exact) mass is 259 g/mol. The average molecular weight is 259 g/mol. The maximum atomic E-state index is 12.1. The molecule has 0 radical (unpaired) electrons. The first-order chi connectivity index (χ1) is 9.10. The van der Waals surface area contributed by atoms with E-state index in [2.05, 4.69) is 16.8 Å². The van der Waals surface area contributed by atoms with Crippen molar-refractivity contribution in [1.82, 2.24) is 4.90 Å². The van der Waals surface area contributed by atoms with Crippen LogP contribution in [-0.2, 0) is 4.74 Å². The summed E-state index contributed by atoms with van der Waals surface area (Å²) in [5.74, 6) is 5.69. The third kappa shape index (κ3) is 4.12. The van der Waals surface area contributed by atoms with Gasteiger partial charge < -0.3 is 10.5 Å². The van der Waals surface area contributed by atoms with E-state index in [4.69, 9.17) is 10.5 Å². The van der Waals surface area contributed by atoms with Crippen molar-refractivity contribution < 1.29 is 9.53 Å². The first kappa shape index (κ1) is 14.7. The standard InChI is InChI=1S/C14H17N3O2/c1-16-14(15)17(2)13(18)12-8-4-6-11(10-12)7-5-9-19-3/h4,6,8,10H,9H2,1-3H3,(H2,15,16). The molecule has 0 saturated carbocycles. The maximum absolute atomic E-state index is 12.1. The molecule has 0 bridgehead atoms. The van der Waals surface area contributed by atoms with E-state index in [1.807, 2.05) is 6.07 Å². The van der Waals surface area contributed by atoms with Crippen LogP contribution in [0.2, 0.25) is 0 Å². The summed E-state index contributed by atoms with van der Waals surface area (Å²) in [4.78, 5) is 17.2. The van der Waals surface area contributed by atoms with Crippen LogP contribution in [0.5, 0.6) is 0 Å². The summed E-state index contributed by atoms with van der Waals surface area (Å²) in [5.41, 5.74) is 6.87. The van der Waals surface area contributed by atoms with E-state index in [1.54, 1.807) is 32.4 Å². The van der Waals surface area contributed by atoms with Gasteiger partial charge in [-0.1, -0.05) is 17.9 Å². The van der Waals surface area contributed by atoms with Gasteiger partial charge in [0.15, 0.2) is 5.96 Å². The van der Waals surface area contributed by atoms with Crippen molar-refractivity contribution in [2.75, 3.05) is 27.8 Å². The SMILES string of the molecule is CN=C(N)N(C)C(=O)c1cccc(C#CCOC)c1. The van der Waals surface area contributed by atoms with E-state index in [1.165, 1.54) is 11.9 Å². The maximum Gasteiger partial charge on any atom is 0.260 e. The summed E-state index contributed by atoms with van der Waals surface area (Å²) >= 11 is 0. The lowest BCUT2D eigenvalue weighted by Gasteiger charge is -2.15. The van der Waals surface area contributed by atoms with Crippen LogP contribution in [0.1, 0.15) is 15.9 Å². The van der Waals surface area contributed by atoms with E-state index >= 15 is 0 Å². The van der Waals surface area contributed by atoms with Gasteiger partial charge in [-0.15, -0.1) is 0 Å². The quantitative estimate of drug-likeness (QED) is 0.483. The average Bonchev–Trinajstić information content (AvgIpc) is 2.45. The number of methoxy groups -OCH3 is 1. The molecule has 0 aliphatic heterocycles. The molecule has 1 amide bonds. The number of aliphatic imine (C=N–C) groups is 1. The highest BCUT2D eigenvalue weighted by Crippen LogP contribution is 2.07. The number of carbonyl (C=O) groups excluding carboxylic acids is 1. The third-order valence-electron chi connectivity index (χ3n) is 2.44. The topological polar surface area (TPSA) is 67.9 Å². The lowest BCUT2D eigenvalue weighted by molar-refractivity contribution is 0.0869. The van der Waals surface area contributed by atoms with Crippen LogP contribution >= 0.6 is 0 Å². The Morgan fingerprint density at radius 2 is 2.26 bits per heavy atom. The number of ether oxygens (including phenoxy) is 1. The van der Waals surface area contributed by atoms with Crippen molar-refractivity contribution in [3.05, 3.63) is 35.4 Å². The van der Waals surface area contributed by atoms with E-state index in [9.17, 15) is 4.79 Å². The predicted molar refractivity (Wildman–Crippen MR) is 74.8 cm³/mol. The summed E-state index contributed by atoms with van der Waals surface area (Å²) in [6.45, 7) is 0.355. The summed E-state index contributed by atoms with van der Waals surface area (Å²) in [6, 6.07) is 7.03. The number of nitrogens with zero attached hydrogens (tertiary/aromatic N) is 2. The minimum atomic E-state index is -0.224. The van der Waals surface area contributed by atoms with Gasteiger partial charge in [0.2, 0.25) is 0 Å². The summed E-state index contributed by atoms with van der Waals surface area (Å²) < 4.78 is 4.84. The molecule has 1 rings (SSSR count). The first-order valence-electron chi connectivity index (χ1n) is 5.68. The van der Waals surface area contributed by atoms with Crippen LogP contribution in [0, 0.1) is 11.8 Å². The lowest BCUT2D eigenvalue weighted by Crippen LogP contribution is -2.38. The molecular formula is C14H17N3O2. The Morgan fingerprint density at radius 3 is 2.89 bits per heavy atom. The number of hydrogen-bond acceptors (Lipinski definition) is 3. The molecule has 19 heavy (non-hydrogen) atoms. The van der Waals surface area contributed by atoms with Crippen molar-refractivity contribution in [2.24, 2.45) is 10.7 Å². The molecule has 5 nitrogen and oxygen atoms in total. The minimum absolute atomic E-state index is 0.167. The van der Waals surface area contributed by atoms with Crippen LogP contribution in [0.4, 0.5) is 0 Å². The first-order valence-corrected chi connectivity index (χ1v) is 5.68. The van der Waals surface area contributed by atoms with Gasteiger partial charge in [-0.25, -0.2) is 0 Å². The van der Waals surface area contributed by atoms with Crippen LogP contribution in [0.3, 0.4) is 0 Å². The molecule has 100 valence electrons. The van der Waals surface area contributed by atoms with E-state index in [0.29, 0.717) is 12.2 Å². The van der Waals surface area contributed by atoms with Gasteiger partial charge in [0.1, 0.15) is 6.61 Å². The van der Waals surface area contributed by atoms with Crippen LogP contribution in [0.25, 0.3) is 0 Å². The number of rotatable bonds is 2. The molecule has 0 atom stereocenters. The number of guanidine groups is 1.